The largest absolute Gasteiger partial charge is 0.446 e. The number of carbonyl (C=O) groups excluding carboxylic acids is 2. The first-order chi connectivity index (χ1) is 32.5. The first kappa shape index (κ1) is 52.1. The highest BCUT2D eigenvalue weighted by molar-refractivity contribution is 8.00. The molecule has 4 saturated heterocycles. The second-order valence-electron chi connectivity index (χ2n) is 18.9. The third-order valence-corrected chi connectivity index (χ3v) is 16.0. The molecule has 4 aliphatic rings. The minimum atomic E-state index is -4.70. The monoisotopic (exact) mass is 1000 g/mol. The van der Waals surface area contributed by atoms with Crippen molar-refractivity contribution in [3.05, 3.63) is 78.4 Å². The molecule has 14 nitrogen and oxygen atoms in total. The van der Waals surface area contributed by atoms with E-state index in [1.165, 1.54) is 12.1 Å². The van der Waals surface area contributed by atoms with E-state index >= 15 is 0 Å². The van der Waals surface area contributed by atoms with Crippen molar-refractivity contribution in [2.45, 2.75) is 78.3 Å². The van der Waals surface area contributed by atoms with Gasteiger partial charge in [0.15, 0.2) is 0 Å². The molecule has 2 amide bonds. The fourth-order valence-electron chi connectivity index (χ4n) is 8.98. The number of anilines is 2. The number of rotatable bonds is 16. The van der Waals surface area contributed by atoms with Gasteiger partial charge < -0.3 is 34.4 Å². The summed E-state index contributed by atoms with van der Waals surface area (Å²) in [6, 6.07) is 19.8. The number of hydrogen-bond donors (Lipinski definition) is 2. The number of alkyl halides is 3. The first-order valence-electron chi connectivity index (χ1n) is 23.7. The van der Waals surface area contributed by atoms with Gasteiger partial charge in [-0.25, -0.2) is 28.0 Å². The Bertz CT molecular complexity index is 2190. The molecule has 374 valence electrons. The van der Waals surface area contributed by atoms with Gasteiger partial charge in [0.1, 0.15) is 5.60 Å². The van der Waals surface area contributed by atoms with E-state index in [2.05, 4.69) is 34.8 Å². The Balaban J connectivity index is 0.893. The number of benzene rings is 3. The van der Waals surface area contributed by atoms with E-state index in [0.717, 1.165) is 128 Å². The third kappa shape index (κ3) is 15.9. The average molecular weight is 1010 g/mol. The Kier molecular flexibility index (Phi) is 18.3. The van der Waals surface area contributed by atoms with E-state index in [0.29, 0.717) is 31.3 Å². The lowest BCUT2D eigenvalue weighted by Gasteiger charge is -2.46. The number of thioether (sulfide) groups is 2. The van der Waals surface area contributed by atoms with Crippen molar-refractivity contribution in [2.75, 3.05) is 121 Å². The molecule has 1 unspecified atom stereocenters. The summed E-state index contributed by atoms with van der Waals surface area (Å²) in [6.07, 6.45) is 3.30. The molecule has 4 fully saturated rings. The molecule has 0 spiro atoms. The number of piperidine rings is 1. The molecule has 0 radical (unpaired) electrons. The predicted octanol–water partition coefficient (Wildman–Crippen LogP) is 7.40. The zero-order chi connectivity index (χ0) is 48.3. The number of likely N-dealkylation sites (tertiary alicyclic amines) is 1. The van der Waals surface area contributed by atoms with Crippen LogP contribution in [0.5, 0.6) is 0 Å². The fourth-order valence-corrected chi connectivity index (χ4v) is 11.7. The maximum absolute atomic E-state index is 14.0. The second kappa shape index (κ2) is 23.9. The van der Waals surface area contributed by atoms with E-state index in [9.17, 15) is 31.2 Å². The van der Waals surface area contributed by atoms with E-state index in [1.54, 1.807) is 36.0 Å². The van der Waals surface area contributed by atoms with E-state index < -0.39 is 31.9 Å². The van der Waals surface area contributed by atoms with Gasteiger partial charge in [0.25, 0.3) is 15.9 Å². The number of piperazine rings is 2. The number of hydrazine groups is 1. The molecule has 3 aromatic carbocycles. The van der Waals surface area contributed by atoms with Gasteiger partial charge in [0.05, 0.1) is 11.5 Å². The summed E-state index contributed by atoms with van der Waals surface area (Å²) < 4.78 is 82.4. The Morgan fingerprint density at radius 2 is 1.49 bits per heavy atom. The van der Waals surface area contributed by atoms with E-state index in [-0.39, 0.29) is 40.0 Å². The standard InChI is InChI=1S/C48H67F3N8O6S3/c1-47(2,3)65-46(61)57-21-16-37(17-22-57)35-55-23-27-58(28-24-55)59-29-25-56(26-30-59)40-12-10-38(11-13-40)45(60)53-68(62,63)42-14-15-43(44(34-42)67-48(49,50)51)52-39(36-66-41-8-5-4-6-9-41)18-20-54-19-7-32-64-33-31-54/h4-6,8-15,34,37,39,52H,7,16-33,35-36H2,1-3H3,(H,53,60). The number of hydrogen-bond acceptors (Lipinski definition) is 14. The number of halogens is 3. The van der Waals surface area contributed by atoms with Gasteiger partial charge in [-0.2, -0.15) is 13.2 Å². The van der Waals surface area contributed by atoms with Crippen LogP contribution < -0.4 is 14.9 Å². The molecule has 0 aromatic heterocycles. The summed E-state index contributed by atoms with van der Waals surface area (Å²) in [5.41, 5.74) is -4.00. The van der Waals surface area contributed by atoms with Crippen molar-refractivity contribution >= 4 is 56.9 Å². The molecule has 7 rings (SSSR count). The van der Waals surface area contributed by atoms with Gasteiger partial charge in [0, 0.05) is 137 Å². The Labute approximate surface area is 408 Å². The highest BCUT2D eigenvalue weighted by atomic mass is 32.2. The number of carbonyl (C=O) groups is 2. The Morgan fingerprint density at radius 3 is 2.15 bits per heavy atom. The van der Waals surface area contributed by atoms with Crippen molar-refractivity contribution in [2.24, 2.45) is 5.92 Å². The number of ether oxygens (including phenoxy) is 2. The van der Waals surface area contributed by atoms with Gasteiger partial charge in [0.2, 0.25) is 0 Å². The maximum atomic E-state index is 14.0. The van der Waals surface area contributed by atoms with Crippen LogP contribution in [-0.2, 0) is 19.5 Å². The SMILES string of the molecule is CC(C)(C)OC(=O)N1CCC(CN2CCN(N3CCN(c4ccc(C(=O)NS(=O)(=O)c5ccc(NC(CCN6CCCOCC6)CSc6ccccc6)c(SC(F)(F)F)c5)cc4)CC3)CC2)CC1. The van der Waals surface area contributed by atoms with Crippen LogP contribution in [-0.4, -0.2) is 173 Å². The fraction of sp³-hybridized carbons (Fsp3) is 0.583. The van der Waals surface area contributed by atoms with Crippen LogP contribution in [0.3, 0.4) is 0 Å². The van der Waals surface area contributed by atoms with Crippen LogP contribution in [0.1, 0.15) is 56.8 Å². The molecule has 2 N–H and O–H groups in total. The molecule has 4 heterocycles. The lowest BCUT2D eigenvalue weighted by molar-refractivity contribution is -0.0632. The van der Waals surface area contributed by atoms with Crippen LogP contribution >= 0.6 is 23.5 Å². The van der Waals surface area contributed by atoms with Gasteiger partial charge in [-0.1, -0.05) is 18.2 Å². The molecule has 0 aliphatic carbocycles. The van der Waals surface area contributed by atoms with E-state index in [4.69, 9.17) is 9.47 Å². The highest BCUT2D eigenvalue weighted by Crippen LogP contribution is 2.42. The van der Waals surface area contributed by atoms with Crippen molar-refractivity contribution in [3.63, 3.8) is 0 Å². The summed E-state index contributed by atoms with van der Waals surface area (Å²) in [6.45, 7) is 19.0. The number of nitrogens with one attached hydrogen (secondary N) is 2. The highest BCUT2D eigenvalue weighted by Gasteiger charge is 2.33. The predicted molar refractivity (Wildman–Crippen MR) is 263 cm³/mol. The third-order valence-electron chi connectivity index (χ3n) is 12.7. The van der Waals surface area contributed by atoms with Crippen LogP contribution in [0, 0.1) is 5.92 Å². The van der Waals surface area contributed by atoms with Crippen molar-refractivity contribution in [1.82, 2.24) is 29.4 Å². The molecule has 0 saturated carbocycles. The molecule has 0 bridgehead atoms. The lowest BCUT2D eigenvalue weighted by atomic mass is 9.96. The molecule has 3 aromatic rings. The Hall–Kier alpha value is -3.76. The maximum Gasteiger partial charge on any atom is 0.446 e. The zero-order valence-corrected chi connectivity index (χ0v) is 41.9. The van der Waals surface area contributed by atoms with Crippen molar-refractivity contribution in [3.8, 4) is 0 Å². The van der Waals surface area contributed by atoms with Crippen LogP contribution in [0.25, 0.3) is 0 Å². The molecular formula is C48H67F3N8O6S3. The van der Waals surface area contributed by atoms with Crippen molar-refractivity contribution < 1.29 is 40.7 Å². The summed E-state index contributed by atoms with van der Waals surface area (Å²) in [5, 5.41) is 8.17. The molecular weight excluding hydrogens is 938 g/mol. The smallest absolute Gasteiger partial charge is 0.444 e. The number of amides is 2. The summed E-state index contributed by atoms with van der Waals surface area (Å²) in [5.74, 6) is 0.256. The normalized spacial score (nSPS) is 19.6. The number of sulfonamides is 1. The minimum Gasteiger partial charge on any atom is -0.444 e. The summed E-state index contributed by atoms with van der Waals surface area (Å²) in [4.78, 5) is 35.0. The molecule has 1 atom stereocenters. The van der Waals surface area contributed by atoms with Crippen LogP contribution in [0.15, 0.2) is 87.5 Å². The topological polar surface area (TPSA) is 130 Å². The second-order valence-corrected chi connectivity index (χ2v) is 22.7. The quantitative estimate of drug-likeness (QED) is 0.138. The minimum absolute atomic E-state index is 0.111. The lowest BCUT2D eigenvalue weighted by Crippen LogP contribution is -2.59. The molecule has 68 heavy (non-hydrogen) atoms. The Morgan fingerprint density at radius 1 is 0.809 bits per heavy atom. The summed E-state index contributed by atoms with van der Waals surface area (Å²) in [7, 11) is -4.55. The van der Waals surface area contributed by atoms with Crippen molar-refractivity contribution in [1.29, 1.82) is 0 Å². The van der Waals surface area contributed by atoms with Crippen LogP contribution in [0.2, 0.25) is 0 Å². The van der Waals surface area contributed by atoms with Gasteiger partial charge in [-0.05, 0) is 119 Å². The number of nitrogens with zero attached hydrogens (tertiary/aromatic N) is 6. The van der Waals surface area contributed by atoms with E-state index in [1.807, 2.05) is 56.0 Å². The zero-order valence-electron chi connectivity index (χ0n) is 39.4. The molecule has 4 aliphatic heterocycles. The average Bonchev–Trinajstić information content (AvgIpc) is 3.59. The van der Waals surface area contributed by atoms with Gasteiger partial charge in [-0.3, -0.25) is 4.79 Å². The molecule has 20 heteroatoms. The van der Waals surface area contributed by atoms with Crippen LogP contribution in [0.4, 0.5) is 29.3 Å². The first-order valence-corrected chi connectivity index (χ1v) is 27.0. The summed E-state index contributed by atoms with van der Waals surface area (Å²) >= 11 is 1.21. The van der Waals surface area contributed by atoms with Gasteiger partial charge in [-0.15, -0.1) is 11.8 Å². The van der Waals surface area contributed by atoms with Gasteiger partial charge >= 0.3 is 11.6 Å².